The molecule has 0 unspecified atom stereocenters. The second-order valence-electron chi connectivity index (χ2n) is 6.18. The summed E-state index contributed by atoms with van der Waals surface area (Å²) in [5.74, 6) is 1.32. The number of hydrogen-bond donors (Lipinski definition) is 1. The van der Waals surface area contributed by atoms with E-state index >= 15 is 0 Å². The number of aryl methyl sites for hydroxylation is 2. The molecule has 1 heterocycles. The van der Waals surface area contributed by atoms with Gasteiger partial charge in [-0.25, -0.2) is 4.68 Å². The van der Waals surface area contributed by atoms with E-state index in [1.807, 2.05) is 42.5 Å². The number of nitrogens with zero attached hydrogens (tertiary/aromatic N) is 4. The van der Waals surface area contributed by atoms with Crippen molar-refractivity contribution >= 4 is 5.91 Å². The summed E-state index contributed by atoms with van der Waals surface area (Å²) in [6, 6.07) is 18.0. The molecule has 0 bridgehead atoms. The molecule has 0 fully saturated rings. The van der Waals surface area contributed by atoms with Crippen molar-refractivity contribution in [1.82, 2.24) is 25.5 Å². The van der Waals surface area contributed by atoms with Gasteiger partial charge in [-0.15, -0.1) is 5.10 Å². The molecule has 0 saturated carbocycles. The second-order valence-corrected chi connectivity index (χ2v) is 6.18. The van der Waals surface area contributed by atoms with Crippen molar-refractivity contribution in [3.05, 3.63) is 71.5 Å². The Morgan fingerprint density at radius 2 is 1.78 bits per heavy atom. The summed E-state index contributed by atoms with van der Waals surface area (Å²) < 4.78 is 6.83. The number of methoxy groups -OCH3 is 1. The zero-order valence-corrected chi connectivity index (χ0v) is 15.3. The minimum atomic E-state index is -0.0840. The molecule has 0 aliphatic rings. The van der Waals surface area contributed by atoms with Gasteiger partial charge in [0, 0.05) is 13.1 Å². The molecule has 0 spiro atoms. The predicted molar refractivity (Wildman–Crippen MR) is 101 cm³/mol. The molecule has 140 valence electrons. The summed E-state index contributed by atoms with van der Waals surface area (Å²) in [6.07, 6.45) is 1.75. The van der Waals surface area contributed by atoms with Gasteiger partial charge in [0.2, 0.25) is 5.91 Å². The van der Waals surface area contributed by atoms with Crippen LogP contribution in [0.3, 0.4) is 0 Å². The lowest BCUT2D eigenvalue weighted by atomic mass is 10.1. The number of rotatable bonds is 9. The largest absolute Gasteiger partial charge is 0.497 e. The molecule has 7 heteroatoms. The van der Waals surface area contributed by atoms with Crippen LogP contribution in [0.1, 0.15) is 17.0 Å². The van der Waals surface area contributed by atoms with Crippen LogP contribution in [0, 0.1) is 0 Å². The number of carbonyl (C=O) groups excluding carboxylic acids is 1. The molecule has 1 amide bonds. The van der Waals surface area contributed by atoms with Crippen LogP contribution in [0.25, 0.3) is 0 Å². The highest BCUT2D eigenvalue weighted by molar-refractivity contribution is 5.77. The molecule has 7 nitrogen and oxygen atoms in total. The smallest absolute Gasteiger partial charge is 0.227 e. The van der Waals surface area contributed by atoms with E-state index in [2.05, 4.69) is 33.0 Å². The van der Waals surface area contributed by atoms with Crippen LogP contribution >= 0.6 is 0 Å². The van der Waals surface area contributed by atoms with E-state index in [0.717, 1.165) is 24.2 Å². The monoisotopic (exact) mass is 365 g/mol. The van der Waals surface area contributed by atoms with Gasteiger partial charge in [-0.05, 0) is 46.5 Å². The maximum absolute atomic E-state index is 12.2. The number of benzene rings is 2. The van der Waals surface area contributed by atoms with Gasteiger partial charge in [0.1, 0.15) is 5.75 Å². The first-order valence-corrected chi connectivity index (χ1v) is 8.93. The number of hydrogen-bond acceptors (Lipinski definition) is 5. The van der Waals surface area contributed by atoms with E-state index in [1.165, 1.54) is 5.56 Å². The minimum absolute atomic E-state index is 0.0840. The topological polar surface area (TPSA) is 81.9 Å². The van der Waals surface area contributed by atoms with Crippen LogP contribution in [0.5, 0.6) is 5.75 Å². The van der Waals surface area contributed by atoms with Crippen molar-refractivity contribution in [2.45, 2.75) is 25.8 Å². The molecular weight excluding hydrogens is 342 g/mol. The molecule has 1 N–H and O–H groups in total. The fourth-order valence-electron chi connectivity index (χ4n) is 2.75. The molecular formula is C20H23N5O2. The third kappa shape index (κ3) is 5.64. The van der Waals surface area contributed by atoms with E-state index < -0.39 is 0 Å². The van der Waals surface area contributed by atoms with Crippen molar-refractivity contribution in [2.75, 3.05) is 13.7 Å². The van der Waals surface area contributed by atoms with Crippen molar-refractivity contribution in [3.63, 3.8) is 0 Å². The highest BCUT2D eigenvalue weighted by Crippen LogP contribution is 2.11. The standard InChI is InChI=1S/C20H23N5O2/c1-27-18-9-7-17(8-10-18)11-13-21-20(26)15-19-22-23-24-25(19)14-12-16-5-3-2-4-6-16/h2-10H,11-15H2,1H3,(H,21,26). The normalized spacial score (nSPS) is 10.6. The molecule has 0 atom stereocenters. The lowest BCUT2D eigenvalue weighted by Crippen LogP contribution is -2.28. The Balaban J connectivity index is 1.44. The number of nitrogens with one attached hydrogen (secondary N) is 1. The first-order valence-electron chi connectivity index (χ1n) is 8.93. The third-order valence-corrected chi connectivity index (χ3v) is 4.27. The van der Waals surface area contributed by atoms with Crippen LogP contribution < -0.4 is 10.1 Å². The van der Waals surface area contributed by atoms with Crippen molar-refractivity contribution in [1.29, 1.82) is 0 Å². The molecule has 0 radical (unpaired) electrons. The van der Waals surface area contributed by atoms with Gasteiger partial charge >= 0.3 is 0 Å². The van der Waals surface area contributed by atoms with Crippen LogP contribution in [-0.2, 0) is 30.6 Å². The Morgan fingerprint density at radius 1 is 1.04 bits per heavy atom. The van der Waals surface area contributed by atoms with E-state index in [9.17, 15) is 4.79 Å². The maximum atomic E-state index is 12.2. The van der Waals surface area contributed by atoms with Crippen molar-refractivity contribution in [3.8, 4) is 5.75 Å². The average Bonchev–Trinajstić information content (AvgIpc) is 3.14. The first-order chi connectivity index (χ1) is 13.2. The van der Waals surface area contributed by atoms with E-state index in [4.69, 9.17) is 4.74 Å². The molecule has 0 aliphatic heterocycles. The van der Waals surface area contributed by atoms with Crippen LogP contribution in [0.15, 0.2) is 54.6 Å². The lowest BCUT2D eigenvalue weighted by molar-refractivity contribution is -0.120. The summed E-state index contributed by atoms with van der Waals surface area (Å²) in [5, 5.41) is 14.6. The maximum Gasteiger partial charge on any atom is 0.227 e. The molecule has 27 heavy (non-hydrogen) atoms. The van der Waals surface area contributed by atoms with Gasteiger partial charge in [-0.2, -0.15) is 0 Å². The van der Waals surface area contributed by atoms with E-state index in [1.54, 1.807) is 11.8 Å². The fourth-order valence-corrected chi connectivity index (χ4v) is 2.75. The van der Waals surface area contributed by atoms with Gasteiger partial charge < -0.3 is 10.1 Å². The quantitative estimate of drug-likeness (QED) is 0.626. The van der Waals surface area contributed by atoms with E-state index in [0.29, 0.717) is 18.9 Å². The lowest BCUT2D eigenvalue weighted by Gasteiger charge is -2.07. The second kappa shape index (κ2) is 9.47. The zero-order chi connectivity index (χ0) is 18.9. The zero-order valence-electron chi connectivity index (χ0n) is 15.3. The molecule has 3 aromatic rings. The molecule has 1 aromatic heterocycles. The van der Waals surface area contributed by atoms with Gasteiger partial charge in [0.05, 0.1) is 13.5 Å². The summed E-state index contributed by atoms with van der Waals surface area (Å²) in [6.45, 7) is 1.21. The summed E-state index contributed by atoms with van der Waals surface area (Å²) >= 11 is 0. The van der Waals surface area contributed by atoms with Crippen molar-refractivity contribution in [2.24, 2.45) is 0 Å². The fraction of sp³-hybridized carbons (Fsp3) is 0.300. The summed E-state index contributed by atoms with van der Waals surface area (Å²) in [7, 11) is 1.64. The SMILES string of the molecule is COc1ccc(CCNC(=O)Cc2nnnn2CCc2ccccc2)cc1. The summed E-state index contributed by atoms with van der Waals surface area (Å²) in [4.78, 5) is 12.2. The Labute approximate surface area is 158 Å². The Morgan fingerprint density at radius 3 is 2.52 bits per heavy atom. The predicted octanol–water partition coefficient (Wildman–Crippen LogP) is 1.83. The van der Waals surface area contributed by atoms with Gasteiger partial charge in [-0.1, -0.05) is 42.5 Å². The highest BCUT2D eigenvalue weighted by Gasteiger charge is 2.11. The number of tetrazole rings is 1. The number of ether oxygens (including phenoxy) is 1. The van der Waals surface area contributed by atoms with Crippen LogP contribution in [0.4, 0.5) is 0 Å². The average molecular weight is 365 g/mol. The van der Waals surface area contributed by atoms with Crippen LogP contribution in [0.2, 0.25) is 0 Å². The van der Waals surface area contributed by atoms with Crippen molar-refractivity contribution < 1.29 is 9.53 Å². The molecule has 0 aliphatic carbocycles. The Kier molecular flexibility index (Phi) is 6.51. The number of amides is 1. The molecule has 0 saturated heterocycles. The molecule has 3 rings (SSSR count). The third-order valence-electron chi connectivity index (χ3n) is 4.27. The summed E-state index contributed by atoms with van der Waals surface area (Å²) in [5.41, 5.74) is 2.35. The van der Waals surface area contributed by atoms with Gasteiger partial charge in [-0.3, -0.25) is 4.79 Å². The first kappa shape index (κ1) is 18.6. The Bertz CT molecular complexity index is 846. The number of aromatic nitrogens is 4. The molecule has 2 aromatic carbocycles. The Hall–Kier alpha value is -3.22. The highest BCUT2D eigenvalue weighted by atomic mass is 16.5. The number of carbonyl (C=O) groups is 1. The van der Waals surface area contributed by atoms with E-state index in [-0.39, 0.29) is 12.3 Å². The van der Waals surface area contributed by atoms with Gasteiger partial charge in [0.25, 0.3) is 0 Å². The van der Waals surface area contributed by atoms with Gasteiger partial charge in [0.15, 0.2) is 5.82 Å². The van der Waals surface area contributed by atoms with Crippen LogP contribution in [-0.4, -0.2) is 39.8 Å². The minimum Gasteiger partial charge on any atom is -0.497 e.